The number of hydrogen-bond donors (Lipinski definition) is 2. The summed E-state index contributed by atoms with van der Waals surface area (Å²) in [6.45, 7) is 3.87. The number of carbonyl (C=O) groups excluding carboxylic acids is 1. The van der Waals surface area contributed by atoms with Crippen molar-refractivity contribution in [2.24, 2.45) is 5.92 Å². The third kappa shape index (κ3) is 6.59. The maximum absolute atomic E-state index is 12.2. The van der Waals surface area contributed by atoms with Gasteiger partial charge in [0, 0.05) is 13.0 Å². The van der Waals surface area contributed by atoms with Gasteiger partial charge in [0.1, 0.15) is 0 Å². The molecule has 1 amide bonds. The lowest BCUT2D eigenvalue weighted by atomic mass is 9.95. The van der Waals surface area contributed by atoms with E-state index in [9.17, 15) is 9.59 Å². The molecule has 2 atom stereocenters. The minimum Gasteiger partial charge on any atom is -0.481 e. The Morgan fingerprint density at radius 2 is 2.04 bits per heavy atom. The lowest BCUT2D eigenvalue weighted by molar-refractivity contribution is -0.138. The summed E-state index contributed by atoms with van der Waals surface area (Å²) in [5.74, 6) is -0.605. The van der Waals surface area contributed by atoms with Crippen molar-refractivity contribution in [3.63, 3.8) is 0 Å². The number of carboxylic acids is 1. The summed E-state index contributed by atoms with van der Waals surface area (Å²) in [5.41, 5.74) is 1.08. The van der Waals surface area contributed by atoms with Crippen molar-refractivity contribution in [3.05, 3.63) is 35.9 Å². The number of carboxylic acid groups (broad SMARTS) is 1. The molecule has 1 aromatic carbocycles. The van der Waals surface area contributed by atoms with Crippen LogP contribution < -0.4 is 5.32 Å². The summed E-state index contributed by atoms with van der Waals surface area (Å²) < 4.78 is 0. The average Bonchev–Trinajstić information content (AvgIpc) is 2.47. The predicted molar refractivity (Wildman–Crippen MR) is 91.7 cm³/mol. The van der Waals surface area contributed by atoms with Crippen molar-refractivity contribution in [3.8, 4) is 0 Å². The number of rotatable bonds is 6. The van der Waals surface area contributed by atoms with Crippen molar-refractivity contribution in [1.29, 1.82) is 0 Å². The standard InChI is InChI=1S/C17H24N2O3.ClH/c1-13(15-7-3-2-4-8-15)18-16(20)12-19-9-5-6-14(11-19)10-17(21)22;/h2-4,7-8,13-14H,5-6,9-12H2,1H3,(H,18,20)(H,21,22);1H. The second-order valence-corrected chi connectivity index (χ2v) is 6.04. The number of hydrogen-bond acceptors (Lipinski definition) is 3. The van der Waals surface area contributed by atoms with Gasteiger partial charge in [-0.1, -0.05) is 30.3 Å². The molecular weight excluding hydrogens is 316 g/mol. The smallest absolute Gasteiger partial charge is 0.303 e. The van der Waals surface area contributed by atoms with Crippen LogP contribution in [0.1, 0.15) is 37.8 Å². The molecule has 2 rings (SSSR count). The van der Waals surface area contributed by atoms with Gasteiger partial charge in [0.2, 0.25) is 5.91 Å². The van der Waals surface area contributed by atoms with Gasteiger partial charge >= 0.3 is 5.97 Å². The van der Waals surface area contributed by atoms with Gasteiger partial charge in [-0.15, -0.1) is 12.4 Å². The molecule has 128 valence electrons. The zero-order chi connectivity index (χ0) is 15.9. The molecule has 23 heavy (non-hydrogen) atoms. The van der Waals surface area contributed by atoms with Crippen LogP contribution in [0.4, 0.5) is 0 Å². The minimum absolute atomic E-state index is 0. The van der Waals surface area contributed by atoms with Crippen molar-refractivity contribution < 1.29 is 14.7 Å². The van der Waals surface area contributed by atoms with E-state index in [2.05, 4.69) is 10.2 Å². The molecular formula is C17H25ClN2O3. The molecule has 0 radical (unpaired) electrons. The first-order valence-corrected chi connectivity index (χ1v) is 7.83. The van der Waals surface area contributed by atoms with Crippen LogP contribution in [0, 0.1) is 5.92 Å². The Morgan fingerprint density at radius 1 is 1.35 bits per heavy atom. The Hall–Kier alpha value is -1.59. The fourth-order valence-corrected chi connectivity index (χ4v) is 3.02. The first-order chi connectivity index (χ1) is 10.5. The van der Waals surface area contributed by atoms with Gasteiger partial charge in [-0.25, -0.2) is 0 Å². The molecule has 1 fully saturated rings. The second-order valence-electron chi connectivity index (χ2n) is 6.04. The van der Waals surface area contributed by atoms with Crippen LogP contribution in [-0.4, -0.2) is 41.5 Å². The molecule has 2 N–H and O–H groups in total. The van der Waals surface area contributed by atoms with E-state index in [1.54, 1.807) is 0 Å². The number of nitrogens with zero attached hydrogens (tertiary/aromatic N) is 1. The minimum atomic E-state index is -0.756. The Labute approximate surface area is 143 Å². The maximum Gasteiger partial charge on any atom is 0.303 e. The Morgan fingerprint density at radius 3 is 2.70 bits per heavy atom. The van der Waals surface area contributed by atoms with E-state index < -0.39 is 5.97 Å². The fraction of sp³-hybridized carbons (Fsp3) is 0.529. The summed E-state index contributed by atoms with van der Waals surface area (Å²) in [5, 5.41) is 11.9. The van der Waals surface area contributed by atoms with E-state index in [-0.39, 0.29) is 36.7 Å². The lowest BCUT2D eigenvalue weighted by Gasteiger charge is -2.31. The van der Waals surface area contributed by atoms with Crippen LogP contribution >= 0.6 is 12.4 Å². The normalized spacial score (nSPS) is 19.4. The number of amides is 1. The molecule has 0 spiro atoms. The van der Waals surface area contributed by atoms with Crippen LogP contribution in [0.15, 0.2) is 30.3 Å². The van der Waals surface area contributed by atoms with Crippen molar-refractivity contribution in [2.75, 3.05) is 19.6 Å². The largest absolute Gasteiger partial charge is 0.481 e. The molecule has 5 nitrogen and oxygen atoms in total. The summed E-state index contributed by atoms with van der Waals surface area (Å²) in [6.07, 6.45) is 2.09. The molecule has 2 unspecified atom stereocenters. The molecule has 0 bridgehead atoms. The summed E-state index contributed by atoms with van der Waals surface area (Å²) in [7, 11) is 0. The SMILES string of the molecule is CC(NC(=O)CN1CCCC(CC(=O)O)C1)c1ccccc1.Cl. The van der Waals surface area contributed by atoms with E-state index in [4.69, 9.17) is 5.11 Å². The number of aliphatic carboxylic acids is 1. The highest BCUT2D eigenvalue weighted by Gasteiger charge is 2.23. The predicted octanol–water partition coefficient (Wildman–Crippen LogP) is 2.47. The average molecular weight is 341 g/mol. The molecule has 0 saturated carbocycles. The van der Waals surface area contributed by atoms with E-state index in [0.29, 0.717) is 13.1 Å². The molecule has 0 aromatic heterocycles. The number of halogens is 1. The highest BCUT2D eigenvalue weighted by molar-refractivity contribution is 5.85. The number of carbonyl (C=O) groups is 2. The third-order valence-electron chi connectivity index (χ3n) is 4.11. The highest BCUT2D eigenvalue weighted by Crippen LogP contribution is 2.19. The molecule has 1 heterocycles. The van der Waals surface area contributed by atoms with Crippen molar-refractivity contribution in [2.45, 2.75) is 32.2 Å². The second kappa shape index (κ2) is 9.53. The van der Waals surface area contributed by atoms with Gasteiger partial charge in [-0.2, -0.15) is 0 Å². The van der Waals surface area contributed by atoms with Gasteiger partial charge in [-0.3, -0.25) is 14.5 Å². The van der Waals surface area contributed by atoms with Gasteiger partial charge in [0.15, 0.2) is 0 Å². The maximum atomic E-state index is 12.2. The number of benzene rings is 1. The first kappa shape index (κ1) is 19.5. The number of likely N-dealkylation sites (tertiary alicyclic amines) is 1. The Kier molecular flexibility index (Phi) is 8.06. The third-order valence-corrected chi connectivity index (χ3v) is 4.11. The fourth-order valence-electron chi connectivity index (χ4n) is 3.02. The van der Waals surface area contributed by atoms with Gasteiger partial charge < -0.3 is 10.4 Å². The van der Waals surface area contributed by atoms with Gasteiger partial charge in [-0.05, 0) is 37.8 Å². The molecule has 1 aliphatic heterocycles. The van der Waals surface area contributed by atoms with Crippen LogP contribution in [0.2, 0.25) is 0 Å². The monoisotopic (exact) mass is 340 g/mol. The molecule has 1 saturated heterocycles. The van der Waals surface area contributed by atoms with Gasteiger partial charge in [0.05, 0.1) is 12.6 Å². The molecule has 6 heteroatoms. The topological polar surface area (TPSA) is 69.6 Å². The summed E-state index contributed by atoms with van der Waals surface area (Å²) in [4.78, 5) is 25.0. The quantitative estimate of drug-likeness (QED) is 0.834. The number of piperidine rings is 1. The van der Waals surface area contributed by atoms with Crippen molar-refractivity contribution >= 4 is 24.3 Å². The van der Waals surface area contributed by atoms with E-state index in [1.807, 2.05) is 37.3 Å². The van der Waals surface area contributed by atoms with Crippen LogP contribution in [-0.2, 0) is 9.59 Å². The Balaban J connectivity index is 0.00000264. The number of nitrogens with one attached hydrogen (secondary N) is 1. The Bertz CT molecular complexity index is 510. The summed E-state index contributed by atoms with van der Waals surface area (Å²) in [6, 6.07) is 9.84. The molecule has 1 aromatic rings. The zero-order valence-electron chi connectivity index (χ0n) is 13.4. The van der Waals surface area contributed by atoms with E-state index in [0.717, 1.165) is 24.9 Å². The van der Waals surface area contributed by atoms with Gasteiger partial charge in [0.25, 0.3) is 0 Å². The van der Waals surface area contributed by atoms with E-state index in [1.165, 1.54) is 0 Å². The zero-order valence-corrected chi connectivity index (χ0v) is 14.2. The molecule has 1 aliphatic rings. The van der Waals surface area contributed by atoms with Crippen LogP contribution in [0.5, 0.6) is 0 Å². The molecule has 0 aliphatic carbocycles. The first-order valence-electron chi connectivity index (χ1n) is 7.83. The lowest BCUT2D eigenvalue weighted by Crippen LogP contribution is -2.43. The van der Waals surface area contributed by atoms with Crippen LogP contribution in [0.25, 0.3) is 0 Å². The summed E-state index contributed by atoms with van der Waals surface area (Å²) >= 11 is 0. The highest BCUT2D eigenvalue weighted by atomic mass is 35.5. The van der Waals surface area contributed by atoms with E-state index >= 15 is 0 Å². The van der Waals surface area contributed by atoms with Crippen LogP contribution in [0.3, 0.4) is 0 Å². The van der Waals surface area contributed by atoms with Crippen molar-refractivity contribution in [1.82, 2.24) is 10.2 Å².